The van der Waals surface area contributed by atoms with Crippen molar-refractivity contribution in [3.05, 3.63) is 131 Å². The van der Waals surface area contributed by atoms with E-state index in [4.69, 9.17) is 11.1 Å². The molecule has 0 fully saturated rings. The van der Waals surface area contributed by atoms with Crippen LogP contribution in [0.5, 0.6) is 0 Å². The zero-order valence-electron chi connectivity index (χ0n) is 20.2. The zero-order valence-corrected chi connectivity index (χ0v) is 19.2. The maximum atomic E-state index is 14.1. The van der Waals surface area contributed by atoms with Crippen molar-refractivity contribution in [2.75, 3.05) is 0 Å². The molecule has 0 amide bonds. The Morgan fingerprint density at radius 1 is 0.778 bits per heavy atom. The molecule has 5 aliphatic rings. The summed E-state index contributed by atoms with van der Waals surface area (Å²) in [5, 5.41) is 0. The average Bonchev–Trinajstić information content (AvgIpc) is 3.64. The molecule has 5 heterocycles. The summed E-state index contributed by atoms with van der Waals surface area (Å²) in [6.07, 6.45) is 18.1. The number of benzene rings is 1. The first-order valence-corrected chi connectivity index (χ1v) is 11.4. The van der Waals surface area contributed by atoms with Gasteiger partial charge in [-0.3, -0.25) is 0 Å². The minimum absolute atomic E-state index is 0.0812. The van der Waals surface area contributed by atoms with Crippen molar-refractivity contribution in [2.24, 2.45) is 20.0 Å². The average molecular weight is 480 g/mol. The number of hydrogen-bond acceptors (Lipinski definition) is 5. The third-order valence-electron chi connectivity index (χ3n) is 5.90. The third kappa shape index (κ3) is 4.61. The first-order chi connectivity index (χ1) is 17.9. The summed E-state index contributed by atoms with van der Waals surface area (Å²) in [7, 11) is 0. The molecule has 6 rings (SSSR count). The van der Waals surface area contributed by atoms with E-state index in [1.807, 2.05) is 48.6 Å². The lowest BCUT2D eigenvalue weighted by Crippen LogP contribution is -2.13. The summed E-state index contributed by atoms with van der Waals surface area (Å²) in [5.41, 5.74) is 6.17. The number of halogens is 2. The lowest BCUT2D eigenvalue weighted by Gasteiger charge is -2.15. The molecule has 1 aromatic carbocycles. The fourth-order valence-corrected chi connectivity index (χ4v) is 4.09. The highest BCUT2D eigenvalue weighted by Gasteiger charge is 2.22. The lowest BCUT2D eigenvalue weighted by atomic mass is 10.1. The zero-order chi connectivity index (χ0) is 25.5. The SMILES string of the molecule is [2H]C1=C(C(C)OCc2ccc(F)cc2F)C2=CC3=NC(=CC4=NC(=CC5=NC(=CC1=N2)C=C5)C=C4)C=C3. The standard InChI is InChI=1S/C29H20F2N4O/c1-17(36-16-18-2-3-19(30)10-28(18)31)27-14-26-13-24-7-6-22(33-24)11-20-4-5-21(32-20)12-23-8-9-25(34-23)15-29(27)35-26/h2-15,17H,16H2,1H3/i14D. The fraction of sp³-hybridized carbons (Fsp3) is 0.103. The second-order valence-corrected chi connectivity index (χ2v) is 8.57. The van der Waals surface area contributed by atoms with Gasteiger partial charge in [-0.15, -0.1) is 0 Å². The number of aliphatic imine (C=N–C) groups is 4. The molecule has 1 atom stereocenters. The number of allylic oxidation sites excluding steroid dienone is 11. The van der Waals surface area contributed by atoms with Crippen LogP contribution >= 0.6 is 0 Å². The summed E-state index contributed by atoms with van der Waals surface area (Å²) in [6, 6.07) is 3.56. The Balaban J connectivity index is 1.38. The van der Waals surface area contributed by atoms with Crippen molar-refractivity contribution >= 4 is 22.8 Å². The van der Waals surface area contributed by atoms with Crippen molar-refractivity contribution < 1.29 is 14.9 Å². The molecule has 8 bridgehead atoms. The predicted molar refractivity (Wildman–Crippen MR) is 138 cm³/mol. The van der Waals surface area contributed by atoms with Gasteiger partial charge in [-0.1, -0.05) is 6.07 Å². The van der Waals surface area contributed by atoms with Gasteiger partial charge < -0.3 is 4.74 Å². The van der Waals surface area contributed by atoms with E-state index in [0.29, 0.717) is 28.4 Å². The summed E-state index contributed by atoms with van der Waals surface area (Å²) in [6.45, 7) is 1.70. The second-order valence-electron chi connectivity index (χ2n) is 8.57. The quantitative estimate of drug-likeness (QED) is 0.536. The summed E-state index contributed by atoms with van der Waals surface area (Å²) in [4.78, 5) is 18.6. The number of ether oxygens (including phenoxy) is 1. The molecule has 0 aliphatic carbocycles. The van der Waals surface area contributed by atoms with Gasteiger partial charge >= 0.3 is 0 Å². The van der Waals surface area contributed by atoms with E-state index in [9.17, 15) is 8.78 Å². The summed E-state index contributed by atoms with van der Waals surface area (Å²) in [5.74, 6) is -1.33. The second kappa shape index (κ2) is 9.02. The smallest absolute Gasteiger partial charge is 0.131 e. The van der Waals surface area contributed by atoms with Crippen molar-refractivity contribution in [1.29, 1.82) is 0 Å². The first-order valence-electron chi connectivity index (χ1n) is 11.9. The molecule has 0 radical (unpaired) electrons. The normalized spacial score (nSPS) is 20.9. The molecule has 1 aromatic rings. The van der Waals surface area contributed by atoms with Crippen LogP contribution < -0.4 is 0 Å². The Kier molecular flexibility index (Phi) is 5.25. The van der Waals surface area contributed by atoms with Crippen LogP contribution in [0, 0.1) is 11.6 Å². The number of nitrogens with zero attached hydrogens (tertiary/aromatic N) is 4. The van der Waals surface area contributed by atoms with Crippen LogP contribution in [0.1, 0.15) is 13.9 Å². The fourth-order valence-electron chi connectivity index (χ4n) is 4.09. The van der Waals surface area contributed by atoms with E-state index in [1.54, 1.807) is 19.1 Å². The van der Waals surface area contributed by atoms with Gasteiger partial charge in [0.15, 0.2) is 0 Å². The van der Waals surface area contributed by atoms with E-state index in [2.05, 4.69) is 15.0 Å². The largest absolute Gasteiger partial charge is 0.369 e. The summed E-state index contributed by atoms with van der Waals surface area (Å²) >= 11 is 0. The highest BCUT2D eigenvalue weighted by atomic mass is 19.1. The highest BCUT2D eigenvalue weighted by Crippen LogP contribution is 2.28. The van der Waals surface area contributed by atoms with Crippen LogP contribution in [0.25, 0.3) is 0 Å². The van der Waals surface area contributed by atoms with Gasteiger partial charge in [0.2, 0.25) is 0 Å². The van der Waals surface area contributed by atoms with E-state index in [1.165, 1.54) is 12.1 Å². The van der Waals surface area contributed by atoms with Crippen LogP contribution in [-0.2, 0) is 11.3 Å². The van der Waals surface area contributed by atoms with Crippen molar-refractivity contribution in [2.45, 2.75) is 19.6 Å². The van der Waals surface area contributed by atoms with E-state index in [-0.39, 0.29) is 18.2 Å². The minimum Gasteiger partial charge on any atom is -0.369 e. The highest BCUT2D eigenvalue weighted by molar-refractivity contribution is 6.15. The van der Waals surface area contributed by atoms with E-state index < -0.39 is 17.7 Å². The van der Waals surface area contributed by atoms with Crippen LogP contribution in [-0.4, -0.2) is 29.0 Å². The molecular weight excluding hydrogens is 458 g/mol. The summed E-state index contributed by atoms with van der Waals surface area (Å²) < 4.78 is 42.2. The molecule has 5 aliphatic heterocycles. The van der Waals surface area contributed by atoms with Crippen LogP contribution in [0.3, 0.4) is 0 Å². The van der Waals surface area contributed by atoms with Crippen molar-refractivity contribution in [1.82, 2.24) is 0 Å². The van der Waals surface area contributed by atoms with Gasteiger partial charge in [0.05, 0.1) is 59.7 Å². The predicted octanol–water partition coefficient (Wildman–Crippen LogP) is 5.83. The Labute approximate surface area is 208 Å². The molecule has 176 valence electrons. The minimum atomic E-state index is -0.678. The number of hydrogen-bond donors (Lipinski definition) is 0. The molecule has 0 saturated heterocycles. The molecule has 5 nitrogen and oxygen atoms in total. The van der Waals surface area contributed by atoms with Crippen molar-refractivity contribution in [3.8, 4) is 0 Å². The van der Waals surface area contributed by atoms with Gasteiger partial charge in [-0.25, -0.2) is 28.8 Å². The van der Waals surface area contributed by atoms with Gasteiger partial charge in [0, 0.05) is 17.2 Å². The molecule has 7 heteroatoms. The maximum Gasteiger partial charge on any atom is 0.131 e. The van der Waals surface area contributed by atoms with Crippen LogP contribution in [0.4, 0.5) is 8.78 Å². The van der Waals surface area contributed by atoms with Crippen LogP contribution in [0.15, 0.2) is 133 Å². The van der Waals surface area contributed by atoms with Crippen LogP contribution in [0.2, 0.25) is 0 Å². The molecule has 36 heavy (non-hydrogen) atoms. The lowest BCUT2D eigenvalue weighted by molar-refractivity contribution is 0.0761. The molecular formula is C29H20F2N4O. The topological polar surface area (TPSA) is 58.7 Å². The van der Waals surface area contributed by atoms with Gasteiger partial charge in [-0.2, -0.15) is 0 Å². The van der Waals surface area contributed by atoms with E-state index >= 15 is 0 Å². The first kappa shape index (κ1) is 21.0. The monoisotopic (exact) mass is 479 g/mol. The Morgan fingerprint density at radius 2 is 1.36 bits per heavy atom. The van der Waals surface area contributed by atoms with Crippen molar-refractivity contribution in [3.63, 3.8) is 0 Å². The van der Waals surface area contributed by atoms with Gasteiger partial charge in [0.25, 0.3) is 0 Å². The molecule has 0 aromatic heterocycles. The van der Waals surface area contributed by atoms with Gasteiger partial charge in [-0.05, 0) is 79.8 Å². The third-order valence-corrected chi connectivity index (χ3v) is 5.90. The Morgan fingerprint density at radius 3 is 1.97 bits per heavy atom. The van der Waals surface area contributed by atoms with Gasteiger partial charge in [0.1, 0.15) is 11.6 Å². The Bertz CT molecular complexity index is 1610. The molecule has 0 spiro atoms. The Hall–Kier alpha value is -4.36. The number of rotatable bonds is 4. The molecule has 0 N–H and O–H groups in total. The molecule has 1 unspecified atom stereocenters. The maximum absolute atomic E-state index is 14.1. The molecule has 0 saturated carbocycles. The number of fused-ring (bicyclic) bond motifs is 4. The van der Waals surface area contributed by atoms with E-state index in [0.717, 1.165) is 28.9 Å².